The molecule has 0 spiro atoms. The number of aliphatic carboxylic acids is 1. The van der Waals surface area contributed by atoms with Gasteiger partial charge in [0, 0.05) is 17.7 Å². The van der Waals surface area contributed by atoms with Crippen molar-refractivity contribution < 1.29 is 14.3 Å². The average molecular weight is 280 g/mol. The maximum atomic E-state index is 10.4. The lowest BCUT2D eigenvalue weighted by atomic mass is 10.2. The van der Waals surface area contributed by atoms with Gasteiger partial charge in [-0.05, 0) is 38.3 Å². The molecule has 0 amide bonds. The molecule has 0 atom stereocenters. The van der Waals surface area contributed by atoms with Gasteiger partial charge in [0.1, 0.15) is 0 Å². The van der Waals surface area contributed by atoms with Gasteiger partial charge in [-0.3, -0.25) is 4.79 Å². The average Bonchev–Trinajstić information content (AvgIpc) is 2.93. The summed E-state index contributed by atoms with van der Waals surface area (Å²) in [4.78, 5) is 12.6. The van der Waals surface area contributed by atoms with E-state index in [1.165, 1.54) is 10.4 Å². The third kappa shape index (κ3) is 3.64. The minimum Gasteiger partial charge on any atom is -0.481 e. The lowest BCUT2D eigenvalue weighted by molar-refractivity contribution is -0.137. The molecule has 0 saturated carbocycles. The van der Waals surface area contributed by atoms with Crippen molar-refractivity contribution in [3.63, 3.8) is 0 Å². The quantitative estimate of drug-likeness (QED) is 0.822. The maximum Gasteiger partial charge on any atom is 0.303 e. The van der Waals surface area contributed by atoms with Gasteiger partial charge < -0.3 is 9.52 Å². The van der Waals surface area contributed by atoms with Crippen LogP contribution < -0.4 is 0 Å². The number of thiophene rings is 1. The fourth-order valence-electron chi connectivity index (χ4n) is 1.69. The molecule has 2 rings (SSSR count). The molecular formula is C13H16N2O3S. The largest absolute Gasteiger partial charge is 0.481 e. The predicted octanol–water partition coefficient (Wildman–Crippen LogP) is 3.21. The second-order valence-corrected chi connectivity index (χ2v) is 5.71. The molecular weight excluding hydrogens is 264 g/mol. The summed E-state index contributed by atoms with van der Waals surface area (Å²) in [7, 11) is 0. The van der Waals surface area contributed by atoms with Crippen molar-refractivity contribution in [3.8, 4) is 10.8 Å². The van der Waals surface area contributed by atoms with Crippen LogP contribution >= 0.6 is 11.3 Å². The number of hydrogen-bond donors (Lipinski definition) is 1. The highest BCUT2D eigenvalue weighted by Crippen LogP contribution is 2.29. The molecule has 0 aliphatic carbocycles. The van der Waals surface area contributed by atoms with E-state index in [0.29, 0.717) is 24.6 Å². The topological polar surface area (TPSA) is 76.2 Å². The summed E-state index contributed by atoms with van der Waals surface area (Å²) in [5.74, 6) is 0.356. The molecule has 0 radical (unpaired) electrons. The Balaban J connectivity index is 1.93. The fourth-order valence-corrected chi connectivity index (χ4v) is 2.64. The van der Waals surface area contributed by atoms with Crippen LogP contribution in [0.3, 0.4) is 0 Å². The van der Waals surface area contributed by atoms with Gasteiger partial charge >= 0.3 is 5.97 Å². The molecule has 102 valence electrons. The SMILES string of the molecule is Cc1cc(-c2nnc(CCCCC(=O)O)o2)sc1C. The zero-order valence-corrected chi connectivity index (χ0v) is 11.8. The van der Waals surface area contributed by atoms with E-state index in [0.717, 1.165) is 11.3 Å². The van der Waals surface area contributed by atoms with Gasteiger partial charge in [0.25, 0.3) is 5.89 Å². The van der Waals surface area contributed by atoms with Gasteiger partial charge in [0.2, 0.25) is 5.89 Å². The molecule has 19 heavy (non-hydrogen) atoms. The first kappa shape index (κ1) is 13.7. The number of nitrogens with zero attached hydrogens (tertiary/aromatic N) is 2. The number of carboxylic acids is 1. The van der Waals surface area contributed by atoms with Crippen molar-refractivity contribution in [2.45, 2.75) is 39.5 Å². The third-order valence-corrected chi connectivity index (χ3v) is 4.02. The van der Waals surface area contributed by atoms with Crippen molar-refractivity contribution in [2.75, 3.05) is 0 Å². The van der Waals surface area contributed by atoms with Crippen molar-refractivity contribution in [2.24, 2.45) is 0 Å². The number of aromatic nitrogens is 2. The van der Waals surface area contributed by atoms with Crippen molar-refractivity contribution >= 4 is 17.3 Å². The molecule has 2 aromatic heterocycles. The molecule has 0 fully saturated rings. The normalized spacial score (nSPS) is 10.8. The van der Waals surface area contributed by atoms with E-state index in [2.05, 4.69) is 24.0 Å². The minimum atomic E-state index is -0.768. The Morgan fingerprint density at radius 2 is 2.16 bits per heavy atom. The molecule has 0 aliphatic rings. The molecule has 5 nitrogen and oxygen atoms in total. The van der Waals surface area contributed by atoms with Gasteiger partial charge in [0.15, 0.2) is 0 Å². The number of rotatable bonds is 6. The van der Waals surface area contributed by atoms with E-state index in [4.69, 9.17) is 9.52 Å². The lowest BCUT2D eigenvalue weighted by Crippen LogP contribution is -1.95. The number of aryl methyl sites for hydroxylation is 3. The van der Waals surface area contributed by atoms with Crippen molar-refractivity contribution in [1.82, 2.24) is 10.2 Å². The molecule has 6 heteroatoms. The molecule has 0 bridgehead atoms. The number of carboxylic acid groups (broad SMARTS) is 1. The van der Waals surface area contributed by atoms with E-state index in [1.807, 2.05) is 6.07 Å². The summed E-state index contributed by atoms with van der Waals surface area (Å²) in [6, 6.07) is 2.04. The summed E-state index contributed by atoms with van der Waals surface area (Å²) in [6.07, 6.45) is 2.19. The van der Waals surface area contributed by atoms with Crippen molar-refractivity contribution in [1.29, 1.82) is 0 Å². The molecule has 2 heterocycles. The van der Waals surface area contributed by atoms with Crippen LogP contribution in [0.2, 0.25) is 0 Å². The summed E-state index contributed by atoms with van der Waals surface area (Å²) in [5.41, 5.74) is 1.22. The number of carbonyl (C=O) groups is 1. The first-order chi connectivity index (χ1) is 9.06. The van der Waals surface area contributed by atoms with Gasteiger partial charge in [-0.15, -0.1) is 21.5 Å². The number of hydrogen-bond acceptors (Lipinski definition) is 5. The molecule has 1 N–H and O–H groups in total. The van der Waals surface area contributed by atoms with Crippen molar-refractivity contribution in [3.05, 3.63) is 22.4 Å². The predicted molar refractivity (Wildman–Crippen MR) is 72.3 cm³/mol. The maximum absolute atomic E-state index is 10.4. The second-order valence-electron chi connectivity index (χ2n) is 4.45. The monoisotopic (exact) mass is 280 g/mol. The van der Waals surface area contributed by atoms with E-state index < -0.39 is 5.97 Å². The summed E-state index contributed by atoms with van der Waals surface area (Å²) in [6.45, 7) is 4.12. The lowest BCUT2D eigenvalue weighted by Gasteiger charge is -1.93. The zero-order valence-electron chi connectivity index (χ0n) is 11.0. The Bertz CT molecular complexity index is 555. The molecule has 0 aromatic carbocycles. The van der Waals surface area contributed by atoms with Gasteiger partial charge in [-0.25, -0.2) is 0 Å². The molecule has 0 unspecified atom stereocenters. The third-order valence-electron chi connectivity index (χ3n) is 2.87. The first-order valence-electron chi connectivity index (χ1n) is 6.18. The summed E-state index contributed by atoms with van der Waals surface area (Å²) < 4.78 is 5.59. The van der Waals surface area contributed by atoms with Crippen LogP contribution in [-0.4, -0.2) is 21.3 Å². The van der Waals surface area contributed by atoms with Gasteiger partial charge in [-0.2, -0.15) is 0 Å². The molecule has 0 aliphatic heterocycles. The van der Waals surface area contributed by atoms with Gasteiger partial charge in [0.05, 0.1) is 4.88 Å². The summed E-state index contributed by atoms with van der Waals surface area (Å²) in [5, 5.41) is 16.6. The van der Waals surface area contributed by atoms with E-state index >= 15 is 0 Å². The second kappa shape index (κ2) is 5.97. The minimum absolute atomic E-state index is 0.185. The Hall–Kier alpha value is -1.69. The Labute approximate surface area is 115 Å². The van der Waals surface area contributed by atoms with Gasteiger partial charge in [-0.1, -0.05) is 0 Å². The summed E-state index contributed by atoms with van der Waals surface area (Å²) >= 11 is 1.64. The highest BCUT2D eigenvalue weighted by molar-refractivity contribution is 7.15. The zero-order chi connectivity index (χ0) is 13.8. The number of unbranched alkanes of at least 4 members (excludes halogenated alkanes) is 1. The van der Waals surface area contributed by atoms with E-state index in [-0.39, 0.29) is 6.42 Å². The van der Waals surface area contributed by atoms with Crippen LogP contribution in [0, 0.1) is 13.8 Å². The molecule has 0 saturated heterocycles. The van der Waals surface area contributed by atoms with Crippen LogP contribution in [0.4, 0.5) is 0 Å². The van der Waals surface area contributed by atoms with Crippen LogP contribution in [0.25, 0.3) is 10.8 Å². The van der Waals surface area contributed by atoms with Crippen LogP contribution in [0.1, 0.15) is 35.6 Å². The standard InChI is InChI=1S/C13H16N2O3S/c1-8-7-10(19-9(8)2)13-15-14-11(18-13)5-3-4-6-12(16)17/h7H,3-6H2,1-2H3,(H,16,17). The smallest absolute Gasteiger partial charge is 0.303 e. The highest BCUT2D eigenvalue weighted by atomic mass is 32.1. The molecule has 2 aromatic rings. The van der Waals surface area contributed by atoms with Crippen LogP contribution in [0.15, 0.2) is 10.5 Å². The van der Waals surface area contributed by atoms with E-state index in [9.17, 15) is 4.79 Å². The first-order valence-corrected chi connectivity index (χ1v) is 6.99. The van der Waals surface area contributed by atoms with E-state index in [1.54, 1.807) is 11.3 Å². The van der Waals surface area contributed by atoms with Crippen LogP contribution in [-0.2, 0) is 11.2 Å². The fraction of sp³-hybridized carbons (Fsp3) is 0.462. The highest BCUT2D eigenvalue weighted by Gasteiger charge is 2.12. The van der Waals surface area contributed by atoms with Crippen LogP contribution in [0.5, 0.6) is 0 Å². The Morgan fingerprint density at radius 1 is 1.37 bits per heavy atom. The Morgan fingerprint density at radius 3 is 2.79 bits per heavy atom. The Kier molecular flexibility index (Phi) is 4.31.